The number of thioether (sulfide) groups is 1. The minimum atomic E-state index is 0.542. The number of rotatable bonds is 5. The lowest BCUT2D eigenvalue weighted by Crippen LogP contribution is -2.28. The zero-order chi connectivity index (χ0) is 11.4. The molecule has 86 valence electrons. The predicted molar refractivity (Wildman–Crippen MR) is 71.1 cm³/mol. The van der Waals surface area contributed by atoms with Crippen LogP contribution in [-0.4, -0.2) is 23.7 Å². The highest BCUT2D eigenvalue weighted by atomic mass is 32.2. The molecule has 0 aliphatic carbocycles. The minimum Gasteiger partial charge on any atom is -0.382 e. The van der Waals surface area contributed by atoms with Crippen molar-refractivity contribution in [2.24, 2.45) is 0 Å². The molecule has 0 saturated heterocycles. The average molecular weight is 245 g/mol. The van der Waals surface area contributed by atoms with Crippen LogP contribution < -0.4 is 10.6 Å². The topological polar surface area (TPSA) is 42.2 Å². The van der Waals surface area contributed by atoms with E-state index in [0.717, 1.165) is 4.90 Å². The van der Waals surface area contributed by atoms with Crippen molar-refractivity contribution in [3.05, 3.63) is 0 Å². The first-order valence-electron chi connectivity index (χ1n) is 5.13. The number of nitrogens with zero attached hydrogens (tertiary/aromatic N) is 2. The standard InChI is InChI=1S/C10H19N3S2/c1-5-6-7(2)13(3)10-8(14-4)9(11)12-15-10/h7H,5-6H2,1-4H3,(H2,11,12). The van der Waals surface area contributed by atoms with Crippen molar-refractivity contribution in [2.75, 3.05) is 23.9 Å². The van der Waals surface area contributed by atoms with E-state index in [4.69, 9.17) is 5.73 Å². The second-order valence-electron chi connectivity index (χ2n) is 3.65. The number of nitrogens with two attached hydrogens (primary N) is 1. The van der Waals surface area contributed by atoms with Gasteiger partial charge in [-0.3, -0.25) is 0 Å². The van der Waals surface area contributed by atoms with Gasteiger partial charge in [-0.05, 0) is 31.1 Å². The first-order valence-corrected chi connectivity index (χ1v) is 7.13. The molecule has 0 fully saturated rings. The molecule has 1 aromatic heterocycles. The van der Waals surface area contributed by atoms with Crippen LogP contribution in [-0.2, 0) is 0 Å². The Morgan fingerprint density at radius 3 is 2.80 bits per heavy atom. The summed E-state index contributed by atoms with van der Waals surface area (Å²) in [4.78, 5) is 3.40. The molecular formula is C10H19N3S2. The van der Waals surface area contributed by atoms with Gasteiger partial charge in [0.25, 0.3) is 0 Å². The molecule has 0 aliphatic heterocycles. The smallest absolute Gasteiger partial charge is 0.153 e. The van der Waals surface area contributed by atoms with E-state index in [2.05, 4.69) is 30.2 Å². The molecule has 15 heavy (non-hydrogen) atoms. The number of nitrogen functional groups attached to an aromatic ring is 1. The predicted octanol–water partition coefficient (Wildman–Crippen LogP) is 3.07. The molecule has 0 aliphatic rings. The summed E-state index contributed by atoms with van der Waals surface area (Å²) in [6.45, 7) is 4.45. The zero-order valence-electron chi connectivity index (χ0n) is 9.78. The quantitative estimate of drug-likeness (QED) is 0.810. The van der Waals surface area contributed by atoms with E-state index in [-0.39, 0.29) is 0 Å². The molecule has 0 aromatic carbocycles. The fourth-order valence-electron chi connectivity index (χ4n) is 1.51. The van der Waals surface area contributed by atoms with Gasteiger partial charge in [-0.1, -0.05) is 13.3 Å². The van der Waals surface area contributed by atoms with Crippen LogP contribution in [0.15, 0.2) is 4.90 Å². The average Bonchev–Trinajstić information content (AvgIpc) is 2.58. The third kappa shape index (κ3) is 2.78. The molecule has 0 bridgehead atoms. The van der Waals surface area contributed by atoms with Crippen molar-refractivity contribution in [2.45, 2.75) is 37.6 Å². The summed E-state index contributed by atoms with van der Waals surface area (Å²) in [6, 6.07) is 0.542. The van der Waals surface area contributed by atoms with Crippen LogP contribution in [0.1, 0.15) is 26.7 Å². The summed E-state index contributed by atoms with van der Waals surface area (Å²) in [6.07, 6.45) is 4.44. The Morgan fingerprint density at radius 2 is 2.27 bits per heavy atom. The van der Waals surface area contributed by atoms with Gasteiger partial charge in [-0.2, -0.15) is 4.37 Å². The number of hydrogen-bond donors (Lipinski definition) is 1. The SMILES string of the molecule is CCCC(C)N(C)c1snc(N)c1SC. The third-order valence-electron chi connectivity index (χ3n) is 2.55. The van der Waals surface area contributed by atoms with Crippen LogP contribution in [0.25, 0.3) is 0 Å². The van der Waals surface area contributed by atoms with Crippen LogP contribution in [0.4, 0.5) is 10.8 Å². The first kappa shape index (κ1) is 12.6. The summed E-state index contributed by atoms with van der Waals surface area (Å²) in [5.74, 6) is 0.665. The summed E-state index contributed by atoms with van der Waals surface area (Å²) in [5.41, 5.74) is 5.82. The van der Waals surface area contributed by atoms with Crippen molar-refractivity contribution in [3.8, 4) is 0 Å². The molecule has 1 unspecified atom stereocenters. The molecule has 1 atom stereocenters. The van der Waals surface area contributed by atoms with E-state index in [9.17, 15) is 0 Å². The molecule has 0 amide bonds. The molecule has 0 saturated carbocycles. The Labute approximate surface area is 100 Å². The van der Waals surface area contributed by atoms with Gasteiger partial charge >= 0.3 is 0 Å². The summed E-state index contributed by atoms with van der Waals surface area (Å²) in [7, 11) is 2.12. The van der Waals surface area contributed by atoms with Gasteiger partial charge in [0.05, 0.1) is 4.90 Å². The number of anilines is 2. The maximum atomic E-state index is 5.82. The Balaban J connectivity index is 2.85. The van der Waals surface area contributed by atoms with Gasteiger partial charge in [-0.25, -0.2) is 0 Å². The van der Waals surface area contributed by atoms with Crippen molar-refractivity contribution in [3.63, 3.8) is 0 Å². The number of aromatic nitrogens is 1. The van der Waals surface area contributed by atoms with Crippen LogP contribution in [0.5, 0.6) is 0 Å². The third-order valence-corrected chi connectivity index (χ3v) is 4.44. The van der Waals surface area contributed by atoms with Crippen molar-refractivity contribution in [1.82, 2.24) is 4.37 Å². The van der Waals surface area contributed by atoms with E-state index in [0.29, 0.717) is 11.9 Å². The Bertz CT molecular complexity index is 312. The van der Waals surface area contributed by atoms with Crippen LogP contribution in [0.3, 0.4) is 0 Å². The molecule has 0 radical (unpaired) electrons. The van der Waals surface area contributed by atoms with Gasteiger partial charge in [0, 0.05) is 13.1 Å². The van der Waals surface area contributed by atoms with Gasteiger partial charge in [0.2, 0.25) is 0 Å². The Hall–Kier alpha value is -0.420. The lowest BCUT2D eigenvalue weighted by molar-refractivity contribution is 0.617. The van der Waals surface area contributed by atoms with Gasteiger partial charge in [0.1, 0.15) is 5.00 Å². The highest BCUT2D eigenvalue weighted by Crippen LogP contribution is 2.37. The van der Waals surface area contributed by atoms with Crippen molar-refractivity contribution < 1.29 is 0 Å². The maximum absolute atomic E-state index is 5.82. The maximum Gasteiger partial charge on any atom is 0.153 e. The second-order valence-corrected chi connectivity index (χ2v) is 5.22. The van der Waals surface area contributed by atoms with Crippen LogP contribution in [0.2, 0.25) is 0 Å². The Morgan fingerprint density at radius 1 is 1.60 bits per heavy atom. The summed E-state index contributed by atoms with van der Waals surface area (Å²) < 4.78 is 4.21. The first-order chi connectivity index (χ1) is 7.11. The van der Waals surface area contributed by atoms with E-state index < -0.39 is 0 Å². The zero-order valence-corrected chi connectivity index (χ0v) is 11.4. The second kappa shape index (κ2) is 5.61. The molecule has 1 heterocycles. The fraction of sp³-hybridized carbons (Fsp3) is 0.700. The van der Waals surface area contributed by atoms with Crippen molar-refractivity contribution >= 4 is 34.1 Å². The normalized spacial score (nSPS) is 12.8. The fourth-order valence-corrected chi connectivity index (χ4v) is 3.28. The largest absolute Gasteiger partial charge is 0.382 e. The van der Waals surface area contributed by atoms with Gasteiger partial charge < -0.3 is 10.6 Å². The molecule has 1 rings (SSSR count). The van der Waals surface area contributed by atoms with E-state index in [1.54, 1.807) is 11.8 Å². The summed E-state index contributed by atoms with van der Waals surface area (Å²) in [5, 5.41) is 1.20. The summed E-state index contributed by atoms with van der Waals surface area (Å²) >= 11 is 3.17. The molecule has 0 spiro atoms. The van der Waals surface area contributed by atoms with Gasteiger partial charge in [-0.15, -0.1) is 11.8 Å². The van der Waals surface area contributed by atoms with Crippen LogP contribution in [0, 0.1) is 0 Å². The monoisotopic (exact) mass is 245 g/mol. The lowest BCUT2D eigenvalue weighted by Gasteiger charge is -2.25. The molecule has 3 nitrogen and oxygen atoms in total. The Kier molecular flexibility index (Phi) is 4.73. The molecular weight excluding hydrogens is 226 g/mol. The lowest BCUT2D eigenvalue weighted by atomic mass is 10.2. The highest BCUT2D eigenvalue weighted by molar-refractivity contribution is 7.99. The molecule has 1 aromatic rings. The number of hydrogen-bond acceptors (Lipinski definition) is 5. The van der Waals surface area contributed by atoms with E-state index >= 15 is 0 Å². The van der Waals surface area contributed by atoms with Gasteiger partial charge in [0.15, 0.2) is 5.82 Å². The van der Waals surface area contributed by atoms with E-state index in [1.165, 1.54) is 29.4 Å². The van der Waals surface area contributed by atoms with Crippen molar-refractivity contribution in [1.29, 1.82) is 0 Å². The van der Waals surface area contributed by atoms with E-state index in [1.807, 2.05) is 6.26 Å². The van der Waals surface area contributed by atoms with Crippen LogP contribution >= 0.6 is 23.3 Å². The molecule has 5 heteroatoms. The molecule has 2 N–H and O–H groups in total. The highest BCUT2D eigenvalue weighted by Gasteiger charge is 2.17. The minimum absolute atomic E-state index is 0.542.